The maximum Gasteiger partial charge on any atom is 0.166 e. The Bertz CT molecular complexity index is 1250. The van der Waals surface area contributed by atoms with Crippen molar-refractivity contribution >= 4 is 29.0 Å². The number of halogens is 3. The van der Waals surface area contributed by atoms with Crippen molar-refractivity contribution in [3.63, 3.8) is 0 Å². The van der Waals surface area contributed by atoms with Gasteiger partial charge in [-0.05, 0) is 87.6 Å². The van der Waals surface area contributed by atoms with E-state index >= 15 is 0 Å². The molecule has 2 aliphatic heterocycles. The van der Waals surface area contributed by atoms with Gasteiger partial charge in [0.05, 0.1) is 11.6 Å². The Morgan fingerprint density at radius 2 is 1.92 bits per heavy atom. The number of pyridine rings is 1. The van der Waals surface area contributed by atoms with Crippen LogP contribution in [0.3, 0.4) is 0 Å². The van der Waals surface area contributed by atoms with Crippen LogP contribution in [0.25, 0.3) is 11.1 Å². The second-order valence-corrected chi connectivity index (χ2v) is 10.7. The lowest BCUT2D eigenvalue weighted by Crippen LogP contribution is -2.38. The zero-order valence-electron chi connectivity index (χ0n) is 21.0. The number of nitrogen functional groups attached to an aromatic ring is 1. The van der Waals surface area contributed by atoms with Crippen LogP contribution in [0.5, 0.6) is 5.75 Å². The van der Waals surface area contributed by atoms with Crippen molar-refractivity contribution in [3.05, 3.63) is 82.2 Å². The van der Waals surface area contributed by atoms with Crippen molar-refractivity contribution < 1.29 is 9.13 Å². The Morgan fingerprint density at radius 3 is 2.73 bits per heavy atom. The molecule has 1 aromatic heterocycles. The second-order valence-electron chi connectivity index (χ2n) is 9.92. The molecule has 0 amide bonds. The van der Waals surface area contributed by atoms with Crippen LogP contribution in [0.15, 0.2) is 48.7 Å². The molecule has 0 aliphatic carbocycles. The number of anilines is 1. The molecule has 3 aromatic rings. The van der Waals surface area contributed by atoms with Gasteiger partial charge in [-0.2, -0.15) is 0 Å². The highest BCUT2D eigenvalue weighted by Gasteiger charge is 2.28. The van der Waals surface area contributed by atoms with Crippen LogP contribution < -0.4 is 10.5 Å². The topological polar surface area (TPSA) is 54.6 Å². The van der Waals surface area contributed by atoms with E-state index < -0.39 is 11.9 Å². The third-order valence-corrected chi connectivity index (χ3v) is 8.01. The number of ether oxygens (including phenoxy) is 1. The fourth-order valence-corrected chi connectivity index (χ4v) is 6.03. The lowest BCUT2D eigenvalue weighted by molar-refractivity contribution is 0.225. The van der Waals surface area contributed by atoms with Gasteiger partial charge in [-0.3, -0.25) is 4.90 Å². The van der Waals surface area contributed by atoms with Crippen LogP contribution in [-0.2, 0) is 0 Å². The summed E-state index contributed by atoms with van der Waals surface area (Å²) >= 11 is 12.5. The van der Waals surface area contributed by atoms with E-state index in [0.29, 0.717) is 22.4 Å². The zero-order valence-corrected chi connectivity index (χ0v) is 22.5. The zero-order chi connectivity index (χ0) is 25.9. The summed E-state index contributed by atoms with van der Waals surface area (Å²) in [6.45, 7) is 8.73. The molecule has 5 rings (SSSR count). The average molecular weight is 543 g/mol. The summed E-state index contributed by atoms with van der Waals surface area (Å²) in [4.78, 5) is 9.45. The van der Waals surface area contributed by atoms with Gasteiger partial charge in [0.1, 0.15) is 11.9 Å². The second kappa shape index (κ2) is 11.6. The molecule has 37 heavy (non-hydrogen) atoms. The monoisotopic (exact) mass is 541 g/mol. The van der Waals surface area contributed by atoms with E-state index in [1.807, 2.05) is 12.1 Å². The molecule has 2 fully saturated rings. The van der Waals surface area contributed by atoms with E-state index in [0.717, 1.165) is 29.8 Å². The van der Waals surface area contributed by atoms with Crippen molar-refractivity contribution in [1.29, 1.82) is 0 Å². The highest BCUT2D eigenvalue weighted by Crippen LogP contribution is 2.37. The highest BCUT2D eigenvalue weighted by atomic mass is 35.5. The van der Waals surface area contributed by atoms with Gasteiger partial charge in [0, 0.05) is 34.9 Å². The summed E-state index contributed by atoms with van der Waals surface area (Å²) < 4.78 is 20.1. The molecule has 0 bridgehead atoms. The van der Waals surface area contributed by atoms with E-state index in [-0.39, 0.29) is 10.8 Å². The van der Waals surface area contributed by atoms with Crippen LogP contribution >= 0.6 is 23.2 Å². The minimum absolute atomic E-state index is 0.0594. The molecule has 1 radical (unpaired) electrons. The molecular weight excluding hydrogens is 510 g/mol. The van der Waals surface area contributed by atoms with Crippen molar-refractivity contribution in [2.45, 2.75) is 44.8 Å². The summed E-state index contributed by atoms with van der Waals surface area (Å²) in [5.41, 5.74) is 9.54. The Hall–Kier alpha value is -2.38. The van der Waals surface area contributed by atoms with Gasteiger partial charge in [-0.15, -0.1) is 0 Å². The highest BCUT2D eigenvalue weighted by molar-refractivity contribution is 6.36. The maximum absolute atomic E-state index is 14.0. The first-order valence-corrected chi connectivity index (χ1v) is 13.6. The Balaban J connectivity index is 1.32. The largest absolute Gasteiger partial charge is 0.482 e. The van der Waals surface area contributed by atoms with Crippen LogP contribution in [-0.4, -0.2) is 47.0 Å². The lowest BCUT2D eigenvalue weighted by atomic mass is 10.0. The summed E-state index contributed by atoms with van der Waals surface area (Å²) in [6, 6.07) is 13.5. The molecule has 2 aliphatic rings. The summed E-state index contributed by atoms with van der Waals surface area (Å²) in [5.74, 6) is 0.0786. The molecule has 195 valence electrons. The third-order valence-electron chi connectivity index (χ3n) is 7.30. The van der Waals surface area contributed by atoms with Crippen molar-refractivity contribution in [1.82, 2.24) is 14.8 Å². The SMILES string of the molecule is CC(Oc1cc(-c2cccc([CH]N3CCC[C@@H]3CN3CCCC3)c2)cnc1N)c1c(Cl)ccc(F)c1Cl. The number of likely N-dealkylation sites (tertiary alicyclic amines) is 2. The first-order valence-electron chi connectivity index (χ1n) is 12.9. The van der Waals surface area contributed by atoms with E-state index in [2.05, 4.69) is 39.5 Å². The minimum Gasteiger partial charge on any atom is -0.482 e. The van der Waals surface area contributed by atoms with Gasteiger partial charge in [0.25, 0.3) is 0 Å². The van der Waals surface area contributed by atoms with E-state index in [1.165, 1.54) is 50.9 Å². The number of benzene rings is 2. The maximum atomic E-state index is 14.0. The van der Waals surface area contributed by atoms with Gasteiger partial charge in [0.15, 0.2) is 11.6 Å². The normalized spacial score (nSPS) is 19.4. The van der Waals surface area contributed by atoms with Crippen molar-refractivity contribution in [3.8, 4) is 16.9 Å². The molecule has 5 nitrogen and oxygen atoms in total. The number of hydrogen-bond donors (Lipinski definition) is 1. The fourth-order valence-electron chi connectivity index (χ4n) is 5.35. The first kappa shape index (κ1) is 26.2. The Morgan fingerprint density at radius 1 is 1.11 bits per heavy atom. The summed E-state index contributed by atoms with van der Waals surface area (Å²) in [7, 11) is 0. The number of nitrogens with two attached hydrogens (primary N) is 1. The molecule has 2 saturated heterocycles. The van der Waals surface area contributed by atoms with E-state index in [9.17, 15) is 4.39 Å². The smallest absolute Gasteiger partial charge is 0.166 e. The number of rotatable bonds is 8. The summed E-state index contributed by atoms with van der Waals surface area (Å²) in [5, 5.41) is 0.269. The number of nitrogens with zero attached hydrogens (tertiary/aromatic N) is 3. The lowest BCUT2D eigenvalue weighted by Gasteiger charge is -2.28. The van der Waals surface area contributed by atoms with Gasteiger partial charge >= 0.3 is 0 Å². The molecule has 0 spiro atoms. The van der Waals surface area contributed by atoms with Gasteiger partial charge < -0.3 is 15.4 Å². The molecule has 3 heterocycles. The quantitative estimate of drug-likeness (QED) is 0.311. The molecule has 0 saturated carbocycles. The number of hydrogen-bond acceptors (Lipinski definition) is 5. The van der Waals surface area contributed by atoms with Gasteiger partial charge in [0.2, 0.25) is 0 Å². The van der Waals surface area contributed by atoms with Crippen molar-refractivity contribution in [2.24, 2.45) is 0 Å². The Kier molecular flexibility index (Phi) is 8.20. The van der Waals surface area contributed by atoms with Crippen LogP contribution in [0, 0.1) is 12.4 Å². The fraction of sp³-hybridized carbons (Fsp3) is 0.379. The Labute approximate surface area is 228 Å². The van der Waals surface area contributed by atoms with E-state index in [4.69, 9.17) is 33.7 Å². The van der Waals surface area contributed by atoms with Crippen LogP contribution in [0.4, 0.5) is 10.2 Å². The minimum atomic E-state index is -0.627. The standard InChI is InChI=1S/C29H32Cl2FN4O/c1-19(27-24(30)9-10-25(32)28(27)31)37-26-15-22(16-34-29(26)33)21-7-4-6-20(14-21)17-36-13-5-8-23(36)18-35-11-2-3-12-35/h4,6-7,9-10,14-17,19,23H,2-3,5,8,11-13,18H2,1H3,(H2,33,34)/t19?,23-/m1/s1. The average Bonchev–Trinajstić information content (AvgIpc) is 3.56. The van der Waals surface area contributed by atoms with Crippen LogP contribution in [0.2, 0.25) is 10.0 Å². The molecular formula is C29H32Cl2FN4O. The van der Waals surface area contributed by atoms with Crippen molar-refractivity contribution in [2.75, 3.05) is 31.9 Å². The predicted octanol–water partition coefficient (Wildman–Crippen LogP) is 6.99. The molecule has 2 N–H and O–H groups in total. The van der Waals surface area contributed by atoms with E-state index in [1.54, 1.807) is 13.1 Å². The first-order chi connectivity index (χ1) is 17.9. The van der Waals surface area contributed by atoms with Gasteiger partial charge in [-0.1, -0.05) is 41.4 Å². The summed E-state index contributed by atoms with van der Waals surface area (Å²) in [6.07, 6.45) is 6.22. The molecule has 2 atom stereocenters. The molecule has 1 unspecified atom stereocenters. The predicted molar refractivity (Wildman–Crippen MR) is 148 cm³/mol. The molecule has 2 aromatic carbocycles. The number of aromatic nitrogens is 1. The van der Waals surface area contributed by atoms with Gasteiger partial charge in [-0.25, -0.2) is 9.37 Å². The third kappa shape index (κ3) is 6.04. The van der Waals surface area contributed by atoms with Crippen LogP contribution in [0.1, 0.15) is 49.8 Å². The molecule has 8 heteroatoms.